The molecule has 0 aliphatic carbocycles. The topological polar surface area (TPSA) is 64.6 Å². The zero-order chi connectivity index (χ0) is 19.3. The van der Waals surface area contributed by atoms with Crippen molar-refractivity contribution in [1.29, 1.82) is 0 Å². The fourth-order valence-electron chi connectivity index (χ4n) is 3.10. The first-order chi connectivity index (χ1) is 13.7. The van der Waals surface area contributed by atoms with Crippen LogP contribution in [0.3, 0.4) is 0 Å². The summed E-state index contributed by atoms with van der Waals surface area (Å²) in [4.78, 5) is 25.2. The molecule has 3 aromatic carbocycles. The lowest BCUT2D eigenvalue weighted by Crippen LogP contribution is -2.15. The van der Waals surface area contributed by atoms with Gasteiger partial charge in [-0.1, -0.05) is 48.5 Å². The Morgan fingerprint density at radius 2 is 1.61 bits per heavy atom. The van der Waals surface area contributed by atoms with Gasteiger partial charge >= 0.3 is 0 Å². The second kappa shape index (κ2) is 7.96. The maximum Gasteiger partial charge on any atom is 0.231 e. The zero-order valence-electron chi connectivity index (χ0n) is 15.2. The zero-order valence-corrected chi connectivity index (χ0v) is 15.2. The third kappa shape index (κ3) is 3.88. The normalized spacial score (nSPS) is 11.9. The maximum absolute atomic E-state index is 12.8. The maximum atomic E-state index is 12.8. The summed E-state index contributed by atoms with van der Waals surface area (Å²) < 4.78 is 10.7. The van der Waals surface area contributed by atoms with Gasteiger partial charge in [0.25, 0.3) is 0 Å². The van der Waals surface area contributed by atoms with Gasteiger partial charge in [-0.25, -0.2) is 0 Å². The van der Waals surface area contributed by atoms with Crippen molar-refractivity contribution in [1.82, 2.24) is 0 Å². The van der Waals surface area contributed by atoms with E-state index in [1.807, 2.05) is 36.4 Å². The summed E-state index contributed by atoms with van der Waals surface area (Å²) in [5.74, 6) is 1.16. The molecule has 28 heavy (non-hydrogen) atoms. The number of fused-ring (bicyclic) bond motifs is 1. The molecule has 5 nitrogen and oxygen atoms in total. The summed E-state index contributed by atoms with van der Waals surface area (Å²) in [5, 5.41) is 2.87. The van der Waals surface area contributed by atoms with Crippen LogP contribution in [-0.2, 0) is 11.2 Å². The number of anilines is 1. The molecule has 0 unspecified atom stereocenters. The lowest BCUT2D eigenvalue weighted by molar-refractivity contribution is -0.116. The minimum Gasteiger partial charge on any atom is -0.454 e. The molecule has 0 fully saturated rings. The Morgan fingerprint density at radius 3 is 2.46 bits per heavy atom. The number of carbonyl (C=O) groups excluding carboxylic acids is 2. The summed E-state index contributed by atoms with van der Waals surface area (Å²) in [6, 6.07) is 21.8. The van der Waals surface area contributed by atoms with Crippen molar-refractivity contribution >= 4 is 17.4 Å². The molecular weight excluding hydrogens is 354 g/mol. The van der Waals surface area contributed by atoms with Gasteiger partial charge in [-0.3, -0.25) is 9.59 Å². The Balaban J connectivity index is 1.43. The van der Waals surface area contributed by atoms with E-state index in [1.165, 1.54) is 0 Å². The van der Waals surface area contributed by atoms with E-state index in [9.17, 15) is 9.59 Å². The van der Waals surface area contributed by atoms with Crippen molar-refractivity contribution in [2.24, 2.45) is 0 Å². The molecule has 0 bridgehead atoms. The SMILES string of the molecule is O=C(CCc1ccc2c(c1)OCO2)Nc1ccccc1C(=O)c1ccccc1. The number of amides is 1. The standard InChI is InChI=1S/C23H19NO4/c25-22(13-11-16-10-12-20-21(14-16)28-15-27-20)24-19-9-5-4-8-18(19)23(26)17-6-2-1-3-7-17/h1-10,12,14H,11,13,15H2,(H,24,25). The van der Waals surface area contributed by atoms with E-state index in [-0.39, 0.29) is 18.5 Å². The Kier molecular flexibility index (Phi) is 5.06. The lowest BCUT2D eigenvalue weighted by atomic mass is 10.0. The molecule has 5 heteroatoms. The molecule has 0 spiro atoms. The predicted molar refractivity (Wildman–Crippen MR) is 106 cm³/mol. The Morgan fingerprint density at radius 1 is 0.857 bits per heavy atom. The molecule has 1 aliphatic rings. The van der Waals surface area contributed by atoms with Crippen molar-refractivity contribution in [2.75, 3.05) is 12.1 Å². The molecule has 1 amide bonds. The van der Waals surface area contributed by atoms with E-state index in [0.717, 1.165) is 11.3 Å². The molecule has 0 atom stereocenters. The van der Waals surface area contributed by atoms with Gasteiger partial charge in [-0.15, -0.1) is 0 Å². The van der Waals surface area contributed by atoms with Crippen LogP contribution in [0.4, 0.5) is 5.69 Å². The lowest BCUT2D eigenvalue weighted by Gasteiger charge is -2.11. The van der Waals surface area contributed by atoms with Crippen molar-refractivity contribution in [3.05, 3.63) is 89.5 Å². The fourth-order valence-corrected chi connectivity index (χ4v) is 3.10. The van der Waals surface area contributed by atoms with Crippen LogP contribution in [0.5, 0.6) is 11.5 Å². The Labute approximate surface area is 162 Å². The third-order valence-corrected chi connectivity index (χ3v) is 4.56. The Hall–Kier alpha value is -3.60. The molecule has 1 heterocycles. The number of carbonyl (C=O) groups is 2. The fraction of sp³-hybridized carbons (Fsp3) is 0.130. The number of hydrogen-bond donors (Lipinski definition) is 1. The van der Waals surface area contributed by atoms with E-state index < -0.39 is 0 Å². The molecule has 4 rings (SSSR count). The summed E-state index contributed by atoms with van der Waals surface area (Å²) in [7, 11) is 0. The van der Waals surface area contributed by atoms with Crippen LogP contribution < -0.4 is 14.8 Å². The van der Waals surface area contributed by atoms with Gasteiger partial charge in [-0.05, 0) is 36.2 Å². The first-order valence-corrected chi connectivity index (χ1v) is 9.08. The molecule has 1 N–H and O–H groups in total. The van der Waals surface area contributed by atoms with E-state index in [0.29, 0.717) is 35.4 Å². The van der Waals surface area contributed by atoms with Gasteiger partial charge in [0.05, 0.1) is 5.69 Å². The highest BCUT2D eigenvalue weighted by Crippen LogP contribution is 2.32. The van der Waals surface area contributed by atoms with Gasteiger partial charge in [0.15, 0.2) is 17.3 Å². The number of ether oxygens (including phenoxy) is 2. The van der Waals surface area contributed by atoms with E-state index in [2.05, 4.69) is 5.32 Å². The largest absolute Gasteiger partial charge is 0.454 e. The van der Waals surface area contributed by atoms with Crippen molar-refractivity contribution in [3.63, 3.8) is 0 Å². The highest BCUT2D eigenvalue weighted by atomic mass is 16.7. The second-order valence-electron chi connectivity index (χ2n) is 6.48. The molecule has 0 aromatic heterocycles. The quantitative estimate of drug-likeness (QED) is 0.657. The molecule has 3 aromatic rings. The van der Waals surface area contributed by atoms with Gasteiger partial charge in [0.2, 0.25) is 12.7 Å². The van der Waals surface area contributed by atoms with E-state index in [4.69, 9.17) is 9.47 Å². The van der Waals surface area contributed by atoms with Crippen LogP contribution in [0.2, 0.25) is 0 Å². The van der Waals surface area contributed by atoms with Crippen LogP contribution in [0.1, 0.15) is 27.9 Å². The van der Waals surface area contributed by atoms with Crippen molar-refractivity contribution in [3.8, 4) is 11.5 Å². The van der Waals surface area contributed by atoms with Gasteiger partial charge < -0.3 is 14.8 Å². The minimum atomic E-state index is -0.147. The highest BCUT2D eigenvalue weighted by Gasteiger charge is 2.16. The molecular formula is C23H19NO4. The molecule has 0 radical (unpaired) electrons. The van der Waals surface area contributed by atoms with Gasteiger partial charge in [0.1, 0.15) is 0 Å². The highest BCUT2D eigenvalue weighted by molar-refractivity contribution is 6.13. The molecule has 0 saturated carbocycles. The first kappa shape index (κ1) is 17.8. The van der Waals surface area contributed by atoms with Crippen molar-refractivity contribution in [2.45, 2.75) is 12.8 Å². The minimum absolute atomic E-state index is 0.118. The van der Waals surface area contributed by atoms with Crippen molar-refractivity contribution < 1.29 is 19.1 Å². The van der Waals surface area contributed by atoms with E-state index in [1.54, 1.807) is 36.4 Å². The molecule has 0 saturated heterocycles. The summed E-state index contributed by atoms with van der Waals surface area (Å²) in [6.07, 6.45) is 0.866. The number of para-hydroxylation sites is 1. The summed E-state index contributed by atoms with van der Waals surface area (Å²) in [6.45, 7) is 0.228. The second-order valence-corrected chi connectivity index (χ2v) is 6.48. The number of nitrogens with one attached hydrogen (secondary N) is 1. The van der Waals surface area contributed by atoms with Gasteiger partial charge in [0, 0.05) is 17.5 Å². The first-order valence-electron chi connectivity index (χ1n) is 9.08. The average Bonchev–Trinajstić information content (AvgIpc) is 3.21. The van der Waals surface area contributed by atoms with Crippen LogP contribution in [0, 0.1) is 0 Å². The van der Waals surface area contributed by atoms with Crippen LogP contribution in [0.15, 0.2) is 72.8 Å². The molecule has 140 valence electrons. The number of ketones is 1. The third-order valence-electron chi connectivity index (χ3n) is 4.56. The predicted octanol–water partition coefficient (Wildman–Crippen LogP) is 4.22. The number of rotatable bonds is 6. The van der Waals surface area contributed by atoms with Crippen LogP contribution >= 0.6 is 0 Å². The number of hydrogen-bond acceptors (Lipinski definition) is 4. The monoisotopic (exact) mass is 373 g/mol. The number of benzene rings is 3. The van der Waals surface area contributed by atoms with Gasteiger partial charge in [-0.2, -0.15) is 0 Å². The average molecular weight is 373 g/mol. The van der Waals surface area contributed by atoms with E-state index >= 15 is 0 Å². The Bertz CT molecular complexity index is 1010. The van der Waals surface area contributed by atoms with Crippen LogP contribution in [-0.4, -0.2) is 18.5 Å². The summed E-state index contributed by atoms with van der Waals surface area (Å²) in [5.41, 5.74) is 2.58. The molecule has 1 aliphatic heterocycles. The summed E-state index contributed by atoms with van der Waals surface area (Å²) >= 11 is 0. The van der Waals surface area contributed by atoms with Crippen LogP contribution in [0.25, 0.3) is 0 Å². The smallest absolute Gasteiger partial charge is 0.231 e. The number of aryl methyl sites for hydroxylation is 1.